The third-order valence-corrected chi connectivity index (χ3v) is 2.06. The van der Waals surface area contributed by atoms with Gasteiger partial charge in [-0.1, -0.05) is 18.2 Å². The second-order valence-electron chi connectivity index (χ2n) is 3.29. The van der Waals surface area contributed by atoms with E-state index in [-0.39, 0.29) is 5.75 Å². The van der Waals surface area contributed by atoms with E-state index in [4.69, 9.17) is 5.11 Å². The Morgan fingerprint density at radius 2 is 2.06 bits per heavy atom. The fourth-order valence-corrected chi connectivity index (χ4v) is 1.30. The lowest BCUT2D eigenvalue weighted by atomic mass is 10.2. The van der Waals surface area contributed by atoms with Crippen LogP contribution in [0.5, 0.6) is 5.75 Å². The quantitative estimate of drug-likeness (QED) is 0.892. The summed E-state index contributed by atoms with van der Waals surface area (Å²) in [6, 6.07) is 8.13. The Balaban J connectivity index is 2.34. The maximum absolute atomic E-state index is 12.8. The van der Waals surface area contributed by atoms with Crippen LogP contribution in [0.4, 0.5) is 8.78 Å². The number of fused-ring (bicyclic) bond motifs is 1. The number of alkyl halides is 2. The Bertz CT molecular complexity index is 571. The van der Waals surface area contributed by atoms with Gasteiger partial charge in [0.25, 0.3) is 0 Å². The predicted octanol–water partition coefficient (Wildman–Crippen LogP) is 2.29. The van der Waals surface area contributed by atoms with E-state index in [1.165, 1.54) is 6.07 Å². The summed E-state index contributed by atoms with van der Waals surface area (Å²) in [7, 11) is 0. The number of carboxylic acids is 1. The molecule has 0 saturated heterocycles. The molecule has 17 heavy (non-hydrogen) atoms. The fourth-order valence-electron chi connectivity index (χ4n) is 1.30. The molecule has 1 N–H and O–H groups in total. The summed E-state index contributed by atoms with van der Waals surface area (Å²) in [5, 5.41) is 8.81. The number of para-hydroxylation sites is 1. The van der Waals surface area contributed by atoms with Crippen molar-refractivity contribution in [1.82, 2.24) is 4.98 Å². The van der Waals surface area contributed by atoms with Gasteiger partial charge in [0.15, 0.2) is 0 Å². The molecule has 1 aromatic carbocycles. The second-order valence-corrected chi connectivity index (χ2v) is 3.29. The molecule has 0 radical (unpaired) electrons. The van der Waals surface area contributed by atoms with E-state index in [0.29, 0.717) is 10.9 Å². The lowest BCUT2D eigenvalue weighted by molar-refractivity contribution is -0.210. The summed E-state index contributed by atoms with van der Waals surface area (Å²) < 4.78 is 29.6. The highest BCUT2D eigenvalue weighted by molar-refractivity contribution is 5.79. The molecule has 88 valence electrons. The van der Waals surface area contributed by atoms with E-state index in [9.17, 15) is 13.6 Å². The molecular weight excluding hydrogens is 232 g/mol. The molecule has 2 aromatic rings. The van der Waals surface area contributed by atoms with Gasteiger partial charge in [0, 0.05) is 5.39 Å². The highest BCUT2D eigenvalue weighted by Crippen LogP contribution is 2.24. The van der Waals surface area contributed by atoms with Crippen molar-refractivity contribution in [3.8, 4) is 5.75 Å². The van der Waals surface area contributed by atoms with Gasteiger partial charge in [0.05, 0.1) is 11.7 Å². The molecule has 0 spiro atoms. The Kier molecular flexibility index (Phi) is 2.63. The molecule has 0 unspecified atom stereocenters. The maximum atomic E-state index is 12.8. The number of rotatable bonds is 3. The minimum atomic E-state index is -4.26. The summed E-state index contributed by atoms with van der Waals surface area (Å²) in [5.74, 6) is -2.64. The number of aliphatic carboxylic acids is 1. The smallest absolute Gasteiger partial charge is 0.474 e. The van der Waals surface area contributed by atoms with Crippen LogP contribution in [-0.4, -0.2) is 22.2 Å². The first-order valence-corrected chi connectivity index (χ1v) is 4.64. The molecule has 0 atom stereocenters. The van der Waals surface area contributed by atoms with Gasteiger partial charge in [-0.25, -0.2) is 4.79 Å². The molecule has 0 bridgehead atoms. The number of ether oxygens (including phenoxy) is 1. The zero-order chi connectivity index (χ0) is 12.5. The molecule has 6 heteroatoms. The molecule has 1 heterocycles. The van der Waals surface area contributed by atoms with E-state index in [0.717, 1.165) is 6.20 Å². The lowest BCUT2D eigenvalue weighted by Crippen LogP contribution is -2.34. The fraction of sp³-hybridized carbons (Fsp3) is 0.0909. The van der Waals surface area contributed by atoms with Crippen LogP contribution in [0.3, 0.4) is 0 Å². The van der Waals surface area contributed by atoms with Crippen molar-refractivity contribution >= 4 is 16.9 Å². The SMILES string of the molecule is O=C(O)C(F)(F)Oc1cnc2ccccc2c1. The molecule has 0 amide bonds. The van der Waals surface area contributed by atoms with Crippen LogP contribution in [0.15, 0.2) is 36.5 Å². The Labute approximate surface area is 94.5 Å². The number of aromatic nitrogens is 1. The van der Waals surface area contributed by atoms with Gasteiger partial charge in [-0.3, -0.25) is 4.98 Å². The molecule has 4 nitrogen and oxygen atoms in total. The van der Waals surface area contributed by atoms with Gasteiger partial charge >= 0.3 is 12.1 Å². The molecule has 0 fully saturated rings. The molecule has 2 rings (SSSR count). The van der Waals surface area contributed by atoms with Gasteiger partial charge < -0.3 is 9.84 Å². The van der Waals surface area contributed by atoms with Crippen LogP contribution in [-0.2, 0) is 4.79 Å². The topological polar surface area (TPSA) is 59.4 Å². The van der Waals surface area contributed by atoms with Gasteiger partial charge in [-0.15, -0.1) is 0 Å². The lowest BCUT2D eigenvalue weighted by Gasteiger charge is -2.13. The average molecular weight is 239 g/mol. The summed E-state index contributed by atoms with van der Waals surface area (Å²) in [4.78, 5) is 14.1. The van der Waals surface area contributed by atoms with Crippen LogP contribution < -0.4 is 4.74 Å². The minimum Gasteiger partial charge on any atom is -0.474 e. The molecule has 1 aromatic heterocycles. The number of hydrogen-bond acceptors (Lipinski definition) is 3. The van der Waals surface area contributed by atoms with E-state index in [1.807, 2.05) is 0 Å². The van der Waals surface area contributed by atoms with Crippen molar-refractivity contribution in [2.24, 2.45) is 0 Å². The van der Waals surface area contributed by atoms with Gasteiger partial charge in [-0.2, -0.15) is 8.78 Å². The van der Waals surface area contributed by atoms with Crippen molar-refractivity contribution in [3.63, 3.8) is 0 Å². The van der Waals surface area contributed by atoms with Crippen molar-refractivity contribution in [2.45, 2.75) is 6.11 Å². The Morgan fingerprint density at radius 1 is 1.35 bits per heavy atom. The largest absolute Gasteiger partial charge is 0.501 e. The zero-order valence-corrected chi connectivity index (χ0v) is 8.43. The first-order chi connectivity index (χ1) is 7.99. The summed E-state index contributed by atoms with van der Waals surface area (Å²) in [6.45, 7) is 0. The minimum absolute atomic E-state index is 0.295. The van der Waals surface area contributed by atoms with Gasteiger partial charge in [0.2, 0.25) is 0 Å². The molecule has 0 aliphatic carbocycles. The molecular formula is C11H7F2NO3. The van der Waals surface area contributed by atoms with Crippen LogP contribution in [0.25, 0.3) is 10.9 Å². The van der Waals surface area contributed by atoms with Crippen molar-refractivity contribution in [2.75, 3.05) is 0 Å². The van der Waals surface area contributed by atoms with Crippen LogP contribution >= 0.6 is 0 Å². The number of pyridine rings is 1. The number of nitrogens with zero attached hydrogens (tertiary/aromatic N) is 1. The zero-order valence-electron chi connectivity index (χ0n) is 8.43. The third-order valence-electron chi connectivity index (χ3n) is 2.06. The highest BCUT2D eigenvalue weighted by atomic mass is 19.3. The second kappa shape index (κ2) is 3.97. The third kappa shape index (κ3) is 2.30. The number of hydrogen-bond donors (Lipinski definition) is 1. The van der Waals surface area contributed by atoms with E-state index in [2.05, 4.69) is 9.72 Å². The highest BCUT2D eigenvalue weighted by Gasteiger charge is 2.42. The number of carboxylic acid groups (broad SMARTS) is 1. The summed E-state index contributed by atoms with van der Waals surface area (Å²) in [6.07, 6.45) is -3.21. The molecule has 0 saturated carbocycles. The van der Waals surface area contributed by atoms with E-state index < -0.39 is 12.1 Å². The van der Waals surface area contributed by atoms with Crippen molar-refractivity contribution < 1.29 is 23.4 Å². The van der Waals surface area contributed by atoms with Crippen molar-refractivity contribution in [1.29, 1.82) is 0 Å². The summed E-state index contributed by atoms with van der Waals surface area (Å²) >= 11 is 0. The monoisotopic (exact) mass is 239 g/mol. The van der Waals surface area contributed by atoms with E-state index in [1.54, 1.807) is 24.3 Å². The first kappa shape index (κ1) is 11.3. The van der Waals surface area contributed by atoms with Gasteiger partial charge in [0.1, 0.15) is 5.75 Å². The Morgan fingerprint density at radius 3 is 2.76 bits per heavy atom. The number of halogens is 2. The molecule has 0 aliphatic heterocycles. The summed E-state index contributed by atoms with van der Waals surface area (Å²) in [5.41, 5.74) is 0.610. The molecule has 0 aliphatic rings. The standard InChI is InChI=1S/C11H7F2NO3/c12-11(13,10(15)16)17-8-5-7-3-1-2-4-9(7)14-6-8/h1-6H,(H,15,16). The first-order valence-electron chi connectivity index (χ1n) is 4.64. The number of carbonyl (C=O) groups is 1. The van der Waals surface area contributed by atoms with E-state index >= 15 is 0 Å². The normalized spacial score (nSPS) is 11.4. The van der Waals surface area contributed by atoms with Gasteiger partial charge in [-0.05, 0) is 12.1 Å². The van der Waals surface area contributed by atoms with Crippen molar-refractivity contribution in [3.05, 3.63) is 36.5 Å². The Hall–Kier alpha value is -2.24. The predicted molar refractivity (Wildman–Crippen MR) is 55.0 cm³/mol. The maximum Gasteiger partial charge on any atom is 0.501 e. The van der Waals surface area contributed by atoms with Crippen LogP contribution in [0.1, 0.15) is 0 Å². The number of benzene rings is 1. The van der Waals surface area contributed by atoms with Crippen LogP contribution in [0.2, 0.25) is 0 Å². The average Bonchev–Trinajstić information content (AvgIpc) is 2.28. The van der Waals surface area contributed by atoms with Crippen LogP contribution in [0, 0.1) is 0 Å².